The summed E-state index contributed by atoms with van der Waals surface area (Å²) in [6, 6.07) is 6.10. The number of anilines is 2. The molecule has 6 nitrogen and oxygen atoms in total. The molecule has 0 saturated heterocycles. The number of hydrogen-bond acceptors (Lipinski definition) is 5. The minimum atomic E-state index is -0.390. The number of amides is 1. The van der Waals surface area contributed by atoms with Crippen molar-refractivity contribution in [3.8, 4) is 11.5 Å². The largest absolute Gasteiger partial charge is 0.507 e. The molecule has 0 unspecified atom stereocenters. The second-order valence-corrected chi connectivity index (χ2v) is 4.18. The van der Waals surface area contributed by atoms with Crippen molar-refractivity contribution in [2.75, 3.05) is 24.8 Å². The Labute approximate surface area is 116 Å². The number of benzene rings is 1. The fourth-order valence-corrected chi connectivity index (χ4v) is 1.81. The van der Waals surface area contributed by atoms with Gasteiger partial charge in [0.2, 0.25) is 0 Å². The number of phenols is 1. The molecule has 0 aliphatic heterocycles. The second kappa shape index (κ2) is 5.48. The van der Waals surface area contributed by atoms with E-state index in [1.54, 1.807) is 25.4 Å². The van der Waals surface area contributed by atoms with Gasteiger partial charge in [-0.1, -0.05) is 0 Å². The van der Waals surface area contributed by atoms with Crippen LogP contribution in [0.2, 0.25) is 0 Å². The third-order valence-corrected chi connectivity index (χ3v) is 2.93. The summed E-state index contributed by atoms with van der Waals surface area (Å²) in [6.07, 6.45) is 3.01. The molecule has 0 saturated carbocycles. The number of aromatic hydroxyl groups is 1. The van der Waals surface area contributed by atoms with Gasteiger partial charge < -0.3 is 20.5 Å². The first kappa shape index (κ1) is 13.7. The first-order valence-electron chi connectivity index (χ1n) is 5.89. The van der Waals surface area contributed by atoms with Crippen molar-refractivity contribution in [1.29, 1.82) is 0 Å². The maximum atomic E-state index is 12.4. The first-order valence-corrected chi connectivity index (χ1v) is 5.89. The summed E-state index contributed by atoms with van der Waals surface area (Å²) in [6.45, 7) is 0. The van der Waals surface area contributed by atoms with Crippen LogP contribution in [0.4, 0.5) is 11.4 Å². The normalized spacial score (nSPS) is 10.1. The number of nitrogen functional groups attached to an aromatic ring is 1. The molecule has 0 aliphatic carbocycles. The molecular formula is C14H15N3O3. The van der Waals surface area contributed by atoms with Crippen LogP contribution in [0, 0.1) is 0 Å². The molecule has 3 N–H and O–H groups in total. The average molecular weight is 273 g/mol. The van der Waals surface area contributed by atoms with Gasteiger partial charge in [-0.25, -0.2) is 0 Å². The van der Waals surface area contributed by atoms with Gasteiger partial charge in [-0.2, -0.15) is 0 Å². The summed E-state index contributed by atoms with van der Waals surface area (Å²) in [7, 11) is 3.07. The summed E-state index contributed by atoms with van der Waals surface area (Å²) in [5.41, 5.74) is 6.83. The predicted molar refractivity (Wildman–Crippen MR) is 76.0 cm³/mol. The third-order valence-electron chi connectivity index (χ3n) is 2.93. The number of methoxy groups -OCH3 is 1. The summed E-state index contributed by atoms with van der Waals surface area (Å²) >= 11 is 0. The molecule has 0 fully saturated rings. The van der Waals surface area contributed by atoms with Crippen LogP contribution in [0.5, 0.6) is 11.5 Å². The number of pyridine rings is 1. The summed E-state index contributed by atoms with van der Waals surface area (Å²) in [5, 5.41) is 9.82. The Bertz CT molecular complexity index is 643. The first-order chi connectivity index (χ1) is 9.54. The van der Waals surface area contributed by atoms with Gasteiger partial charge in [-0.05, 0) is 24.3 Å². The van der Waals surface area contributed by atoms with Crippen LogP contribution in [0.15, 0.2) is 36.7 Å². The minimum Gasteiger partial charge on any atom is -0.507 e. The number of ether oxygens (including phenoxy) is 1. The quantitative estimate of drug-likeness (QED) is 0.887. The molecule has 6 heteroatoms. The van der Waals surface area contributed by atoms with Crippen molar-refractivity contribution < 1.29 is 14.6 Å². The molecule has 104 valence electrons. The lowest BCUT2D eigenvalue weighted by Gasteiger charge is -2.19. The Morgan fingerprint density at radius 3 is 2.80 bits per heavy atom. The molecule has 0 bridgehead atoms. The van der Waals surface area contributed by atoms with Gasteiger partial charge in [0.25, 0.3) is 5.91 Å². The van der Waals surface area contributed by atoms with Crippen LogP contribution >= 0.6 is 0 Å². The predicted octanol–water partition coefficient (Wildman–Crippen LogP) is 1.65. The van der Waals surface area contributed by atoms with Crippen LogP contribution in [0.25, 0.3) is 0 Å². The number of rotatable bonds is 3. The molecule has 2 rings (SSSR count). The number of phenolic OH excluding ortho intramolecular Hbond substituents is 1. The number of carbonyl (C=O) groups excluding carboxylic acids is 1. The zero-order chi connectivity index (χ0) is 14.7. The molecule has 20 heavy (non-hydrogen) atoms. The van der Waals surface area contributed by atoms with Crippen molar-refractivity contribution >= 4 is 17.3 Å². The van der Waals surface area contributed by atoms with Gasteiger partial charge in [0.15, 0.2) is 0 Å². The van der Waals surface area contributed by atoms with E-state index in [1.165, 1.54) is 30.3 Å². The van der Waals surface area contributed by atoms with Crippen molar-refractivity contribution in [2.45, 2.75) is 0 Å². The third kappa shape index (κ3) is 2.49. The van der Waals surface area contributed by atoms with E-state index in [9.17, 15) is 9.90 Å². The Balaban J connectivity index is 2.39. The highest BCUT2D eigenvalue weighted by Gasteiger charge is 2.19. The molecule has 0 atom stereocenters. The van der Waals surface area contributed by atoms with E-state index in [4.69, 9.17) is 10.5 Å². The number of nitrogens with zero attached hydrogens (tertiary/aromatic N) is 2. The topological polar surface area (TPSA) is 88.7 Å². The highest BCUT2D eigenvalue weighted by Crippen LogP contribution is 2.27. The highest BCUT2D eigenvalue weighted by atomic mass is 16.5. The number of hydrogen-bond donors (Lipinski definition) is 2. The maximum Gasteiger partial charge on any atom is 0.261 e. The zero-order valence-corrected chi connectivity index (χ0v) is 11.2. The fourth-order valence-electron chi connectivity index (χ4n) is 1.81. The van der Waals surface area contributed by atoms with Crippen molar-refractivity contribution in [1.82, 2.24) is 4.98 Å². The summed E-state index contributed by atoms with van der Waals surface area (Å²) in [4.78, 5) is 17.6. The van der Waals surface area contributed by atoms with Crippen LogP contribution in [-0.2, 0) is 0 Å². The smallest absolute Gasteiger partial charge is 0.261 e. The van der Waals surface area contributed by atoms with E-state index >= 15 is 0 Å². The van der Waals surface area contributed by atoms with Crippen molar-refractivity contribution in [3.05, 3.63) is 42.2 Å². The molecule has 2 aromatic rings. The molecule has 0 aliphatic rings. The lowest BCUT2D eigenvalue weighted by Crippen LogP contribution is -2.27. The molecule has 1 amide bonds. The van der Waals surface area contributed by atoms with E-state index in [2.05, 4.69) is 4.98 Å². The van der Waals surface area contributed by atoms with Crippen LogP contribution in [0.1, 0.15) is 10.4 Å². The lowest BCUT2D eigenvalue weighted by molar-refractivity contribution is 0.0990. The second-order valence-electron chi connectivity index (χ2n) is 4.18. The highest BCUT2D eigenvalue weighted by molar-refractivity contribution is 6.08. The van der Waals surface area contributed by atoms with Crippen molar-refractivity contribution in [3.63, 3.8) is 0 Å². The Morgan fingerprint density at radius 2 is 2.15 bits per heavy atom. The Morgan fingerprint density at radius 1 is 1.40 bits per heavy atom. The zero-order valence-electron chi connectivity index (χ0n) is 11.2. The minimum absolute atomic E-state index is 0.115. The van der Waals surface area contributed by atoms with E-state index in [1.807, 2.05) is 0 Å². The van der Waals surface area contributed by atoms with E-state index in [0.29, 0.717) is 17.1 Å². The fraction of sp³-hybridized carbons (Fsp3) is 0.143. The van der Waals surface area contributed by atoms with Gasteiger partial charge in [-0.15, -0.1) is 0 Å². The molecule has 1 aromatic heterocycles. The monoisotopic (exact) mass is 273 g/mol. The lowest BCUT2D eigenvalue weighted by atomic mass is 10.1. The van der Waals surface area contributed by atoms with Gasteiger partial charge in [0, 0.05) is 13.2 Å². The maximum absolute atomic E-state index is 12.4. The summed E-state index contributed by atoms with van der Waals surface area (Å²) < 4.78 is 5.05. The summed E-state index contributed by atoms with van der Waals surface area (Å²) in [5.74, 6) is -0.0168. The Kier molecular flexibility index (Phi) is 3.74. The molecule has 1 aromatic carbocycles. The van der Waals surface area contributed by atoms with E-state index in [-0.39, 0.29) is 17.2 Å². The molecular weight excluding hydrogens is 258 g/mol. The average Bonchev–Trinajstić information content (AvgIpc) is 2.47. The van der Waals surface area contributed by atoms with E-state index < -0.39 is 0 Å². The van der Waals surface area contributed by atoms with E-state index in [0.717, 1.165) is 0 Å². The van der Waals surface area contributed by atoms with Gasteiger partial charge in [-0.3, -0.25) is 9.78 Å². The van der Waals surface area contributed by atoms with Crippen LogP contribution in [0.3, 0.4) is 0 Å². The van der Waals surface area contributed by atoms with Crippen molar-refractivity contribution in [2.24, 2.45) is 0 Å². The number of nitrogens with two attached hydrogens (primary N) is 1. The molecule has 1 heterocycles. The SMILES string of the molecule is COc1ccc(O)c(C(=O)N(C)c2ccncc2N)c1. The number of aromatic nitrogens is 1. The van der Waals surface area contributed by atoms with Gasteiger partial charge in [0.05, 0.1) is 30.2 Å². The van der Waals surface area contributed by atoms with Crippen LogP contribution in [-0.4, -0.2) is 30.2 Å². The standard InChI is InChI=1S/C14H15N3O3/c1-17(12-5-6-16-8-11(12)15)14(19)10-7-9(20-2)3-4-13(10)18/h3-8,18H,15H2,1-2H3. The molecule has 0 radical (unpaired) electrons. The molecule has 0 spiro atoms. The van der Waals surface area contributed by atoms with Gasteiger partial charge >= 0.3 is 0 Å². The number of carbonyl (C=O) groups is 1. The van der Waals surface area contributed by atoms with Gasteiger partial charge in [0.1, 0.15) is 11.5 Å². The Hall–Kier alpha value is -2.76. The van der Waals surface area contributed by atoms with Crippen LogP contribution < -0.4 is 15.4 Å².